The molecule has 1 fully saturated rings. The highest BCUT2D eigenvalue weighted by atomic mass is 35.5. The first-order valence-electron chi connectivity index (χ1n) is 7.44. The van der Waals surface area contributed by atoms with E-state index < -0.39 is 0 Å². The first-order chi connectivity index (χ1) is 9.79. The zero-order valence-corrected chi connectivity index (χ0v) is 13.7. The van der Waals surface area contributed by atoms with Crippen molar-refractivity contribution in [3.05, 3.63) is 28.8 Å². The standard InChI is InChI=1S/C16H24ClNOS/c1-19-10-9-18-12-13-11-14(17)7-8-16(13)20-15-5-3-2-4-6-15/h7-8,11,15,18H,2-6,9-10,12H2,1H3. The molecule has 20 heavy (non-hydrogen) atoms. The van der Waals surface area contributed by atoms with Crippen molar-refractivity contribution in [1.29, 1.82) is 0 Å². The number of rotatable bonds is 7. The van der Waals surface area contributed by atoms with Crippen molar-refractivity contribution < 1.29 is 4.74 Å². The topological polar surface area (TPSA) is 21.3 Å². The summed E-state index contributed by atoms with van der Waals surface area (Å²) in [6.07, 6.45) is 6.87. The molecule has 1 aliphatic rings. The van der Waals surface area contributed by atoms with Gasteiger partial charge in [0.05, 0.1) is 6.61 Å². The zero-order chi connectivity index (χ0) is 14.2. The van der Waals surface area contributed by atoms with E-state index in [0.29, 0.717) is 0 Å². The fourth-order valence-corrected chi connectivity index (χ4v) is 4.11. The van der Waals surface area contributed by atoms with Crippen molar-refractivity contribution in [2.45, 2.75) is 48.8 Å². The van der Waals surface area contributed by atoms with Gasteiger partial charge >= 0.3 is 0 Å². The van der Waals surface area contributed by atoms with Crippen LogP contribution in [0.25, 0.3) is 0 Å². The molecule has 1 aromatic carbocycles. The van der Waals surface area contributed by atoms with E-state index in [-0.39, 0.29) is 0 Å². The molecule has 0 aromatic heterocycles. The van der Waals surface area contributed by atoms with Gasteiger partial charge in [0.1, 0.15) is 0 Å². The lowest BCUT2D eigenvalue weighted by atomic mass is 10.0. The van der Waals surface area contributed by atoms with Gasteiger partial charge in [-0.2, -0.15) is 0 Å². The monoisotopic (exact) mass is 313 g/mol. The average Bonchev–Trinajstić information content (AvgIpc) is 2.47. The Morgan fingerprint density at radius 2 is 2.10 bits per heavy atom. The van der Waals surface area contributed by atoms with Crippen LogP contribution < -0.4 is 5.32 Å². The third-order valence-electron chi connectivity index (χ3n) is 3.67. The average molecular weight is 314 g/mol. The molecule has 0 aliphatic heterocycles. The predicted molar refractivity (Wildman–Crippen MR) is 87.8 cm³/mol. The normalized spacial score (nSPS) is 16.5. The van der Waals surface area contributed by atoms with Gasteiger partial charge in [-0.1, -0.05) is 30.9 Å². The van der Waals surface area contributed by atoms with E-state index >= 15 is 0 Å². The highest BCUT2D eigenvalue weighted by Gasteiger charge is 2.16. The lowest BCUT2D eigenvalue weighted by Crippen LogP contribution is -2.19. The van der Waals surface area contributed by atoms with E-state index in [4.69, 9.17) is 16.3 Å². The van der Waals surface area contributed by atoms with Crippen molar-refractivity contribution in [2.24, 2.45) is 0 Å². The second-order valence-electron chi connectivity index (χ2n) is 5.30. The number of hydrogen-bond acceptors (Lipinski definition) is 3. The minimum Gasteiger partial charge on any atom is -0.383 e. The van der Waals surface area contributed by atoms with Crippen molar-refractivity contribution in [3.63, 3.8) is 0 Å². The zero-order valence-electron chi connectivity index (χ0n) is 12.2. The Kier molecular flexibility index (Phi) is 7.22. The smallest absolute Gasteiger partial charge is 0.0587 e. The number of benzene rings is 1. The number of methoxy groups -OCH3 is 1. The van der Waals surface area contributed by atoms with Gasteiger partial charge in [-0.05, 0) is 36.6 Å². The Labute approximate surface area is 131 Å². The summed E-state index contributed by atoms with van der Waals surface area (Å²) in [6.45, 7) is 2.47. The maximum absolute atomic E-state index is 6.14. The van der Waals surface area contributed by atoms with Crippen LogP contribution in [0.3, 0.4) is 0 Å². The van der Waals surface area contributed by atoms with Gasteiger partial charge in [-0.3, -0.25) is 0 Å². The summed E-state index contributed by atoms with van der Waals surface area (Å²) in [5.74, 6) is 0. The first kappa shape index (κ1) is 16.2. The molecule has 1 saturated carbocycles. The van der Waals surface area contributed by atoms with Crippen LogP contribution in [-0.4, -0.2) is 25.5 Å². The van der Waals surface area contributed by atoms with Crippen molar-refractivity contribution in [1.82, 2.24) is 5.32 Å². The Hall–Kier alpha value is -0.220. The molecule has 1 N–H and O–H groups in total. The highest BCUT2D eigenvalue weighted by Crippen LogP contribution is 2.36. The van der Waals surface area contributed by atoms with Crippen LogP contribution in [0.1, 0.15) is 37.7 Å². The third kappa shape index (κ3) is 5.28. The van der Waals surface area contributed by atoms with Crippen LogP contribution in [0.4, 0.5) is 0 Å². The number of halogens is 1. The van der Waals surface area contributed by atoms with E-state index in [9.17, 15) is 0 Å². The van der Waals surface area contributed by atoms with Gasteiger partial charge in [0.25, 0.3) is 0 Å². The fourth-order valence-electron chi connectivity index (χ4n) is 2.56. The first-order valence-corrected chi connectivity index (χ1v) is 8.70. The van der Waals surface area contributed by atoms with Crippen LogP contribution >= 0.6 is 23.4 Å². The molecular formula is C16H24ClNOS. The van der Waals surface area contributed by atoms with E-state index in [0.717, 1.165) is 30.0 Å². The summed E-state index contributed by atoms with van der Waals surface area (Å²) in [7, 11) is 1.73. The van der Waals surface area contributed by atoms with Gasteiger partial charge in [0, 0.05) is 35.4 Å². The predicted octanol–water partition coefficient (Wildman–Crippen LogP) is 4.50. The van der Waals surface area contributed by atoms with E-state index in [1.54, 1.807) is 7.11 Å². The molecule has 0 spiro atoms. The lowest BCUT2D eigenvalue weighted by Gasteiger charge is -2.22. The summed E-state index contributed by atoms with van der Waals surface area (Å²) in [4.78, 5) is 1.38. The summed E-state index contributed by atoms with van der Waals surface area (Å²) in [6, 6.07) is 6.27. The molecule has 4 heteroatoms. The van der Waals surface area contributed by atoms with Gasteiger partial charge in [-0.25, -0.2) is 0 Å². The number of ether oxygens (including phenoxy) is 1. The summed E-state index contributed by atoms with van der Waals surface area (Å²) < 4.78 is 5.06. The van der Waals surface area contributed by atoms with E-state index in [2.05, 4.69) is 17.4 Å². The second-order valence-corrected chi connectivity index (χ2v) is 7.08. The minimum absolute atomic E-state index is 0.742. The Bertz CT molecular complexity index is 407. The minimum atomic E-state index is 0.742. The number of thioether (sulfide) groups is 1. The maximum atomic E-state index is 6.14. The van der Waals surface area contributed by atoms with Crippen LogP contribution in [0, 0.1) is 0 Å². The summed E-state index contributed by atoms with van der Waals surface area (Å²) in [5, 5.41) is 5.01. The van der Waals surface area contributed by atoms with Crippen molar-refractivity contribution in [2.75, 3.05) is 20.3 Å². The van der Waals surface area contributed by atoms with Crippen LogP contribution in [0.15, 0.2) is 23.1 Å². The lowest BCUT2D eigenvalue weighted by molar-refractivity contribution is 0.199. The molecule has 112 valence electrons. The molecule has 1 aromatic rings. The van der Waals surface area contributed by atoms with Crippen molar-refractivity contribution in [3.8, 4) is 0 Å². The number of nitrogens with one attached hydrogen (secondary N) is 1. The maximum Gasteiger partial charge on any atom is 0.0587 e. The molecule has 0 saturated heterocycles. The van der Waals surface area contributed by atoms with E-state index in [1.165, 1.54) is 42.6 Å². The van der Waals surface area contributed by atoms with Gasteiger partial charge in [0.15, 0.2) is 0 Å². The summed E-state index contributed by atoms with van der Waals surface area (Å²) >= 11 is 8.17. The Balaban J connectivity index is 1.95. The quantitative estimate of drug-likeness (QED) is 0.749. The van der Waals surface area contributed by atoms with Crippen LogP contribution in [0.2, 0.25) is 5.02 Å². The number of hydrogen-bond donors (Lipinski definition) is 1. The van der Waals surface area contributed by atoms with Crippen molar-refractivity contribution >= 4 is 23.4 Å². The van der Waals surface area contributed by atoms with Gasteiger partial charge in [0.2, 0.25) is 0 Å². The van der Waals surface area contributed by atoms with Gasteiger partial charge < -0.3 is 10.1 Å². The molecule has 0 bridgehead atoms. The molecule has 0 heterocycles. The highest BCUT2D eigenvalue weighted by molar-refractivity contribution is 8.00. The molecule has 2 nitrogen and oxygen atoms in total. The molecule has 0 amide bonds. The molecule has 0 radical (unpaired) electrons. The Morgan fingerprint density at radius 1 is 1.30 bits per heavy atom. The SMILES string of the molecule is COCCNCc1cc(Cl)ccc1SC1CCCCC1. The second kappa shape index (κ2) is 8.93. The van der Waals surface area contributed by atoms with Gasteiger partial charge in [-0.15, -0.1) is 11.8 Å². The molecule has 1 aliphatic carbocycles. The molecule has 0 atom stereocenters. The molecule has 2 rings (SSSR count). The van der Waals surface area contributed by atoms with Crippen LogP contribution in [-0.2, 0) is 11.3 Å². The third-order valence-corrected chi connectivity index (χ3v) is 5.36. The molecule has 0 unspecified atom stereocenters. The van der Waals surface area contributed by atoms with Crippen LogP contribution in [0.5, 0.6) is 0 Å². The fraction of sp³-hybridized carbons (Fsp3) is 0.625. The summed E-state index contributed by atoms with van der Waals surface area (Å²) in [5.41, 5.74) is 1.31. The van der Waals surface area contributed by atoms with E-state index in [1.807, 2.05) is 17.8 Å². The Morgan fingerprint density at radius 3 is 2.85 bits per heavy atom. The largest absolute Gasteiger partial charge is 0.383 e. The molecular weight excluding hydrogens is 290 g/mol.